The van der Waals surface area contributed by atoms with E-state index in [9.17, 15) is 18.0 Å². The lowest BCUT2D eigenvalue weighted by Crippen LogP contribution is -2.21. The Morgan fingerprint density at radius 1 is 1.19 bits per heavy atom. The maximum atomic E-state index is 13.4. The zero-order valence-corrected chi connectivity index (χ0v) is 15.6. The second-order valence-corrected chi connectivity index (χ2v) is 7.07. The minimum absolute atomic E-state index is 0.0184. The molecular formula is C19H23F3N2O2. The molecule has 2 aromatic rings. The largest absolute Gasteiger partial charge is 0.464 e. The Labute approximate surface area is 151 Å². The third-order valence-electron chi connectivity index (χ3n) is 4.11. The molecule has 0 fully saturated rings. The van der Waals surface area contributed by atoms with Crippen molar-refractivity contribution >= 4 is 5.97 Å². The minimum Gasteiger partial charge on any atom is -0.464 e. The highest BCUT2D eigenvalue weighted by atomic mass is 19.4. The van der Waals surface area contributed by atoms with E-state index in [-0.39, 0.29) is 17.8 Å². The Morgan fingerprint density at radius 3 is 2.31 bits per heavy atom. The number of imidazole rings is 1. The third-order valence-corrected chi connectivity index (χ3v) is 4.11. The molecule has 0 saturated heterocycles. The van der Waals surface area contributed by atoms with Crippen molar-refractivity contribution in [2.75, 3.05) is 7.11 Å². The molecule has 0 saturated carbocycles. The van der Waals surface area contributed by atoms with Gasteiger partial charge in [0.2, 0.25) is 0 Å². The molecule has 0 aliphatic heterocycles. The van der Waals surface area contributed by atoms with Crippen molar-refractivity contribution in [1.29, 1.82) is 0 Å². The second kappa shape index (κ2) is 7.13. The SMILES string of the molecule is CCc1c(C(=O)OC)nc(C(C)(C)C)n1Cc1ccccc1C(F)(F)F. The van der Waals surface area contributed by atoms with E-state index in [0.29, 0.717) is 17.9 Å². The molecule has 2 rings (SSSR count). The van der Waals surface area contributed by atoms with Gasteiger partial charge < -0.3 is 9.30 Å². The Hall–Kier alpha value is -2.31. The maximum Gasteiger partial charge on any atom is 0.416 e. The fraction of sp³-hybridized carbons (Fsp3) is 0.474. The van der Waals surface area contributed by atoms with Gasteiger partial charge in [-0.25, -0.2) is 9.78 Å². The molecule has 0 amide bonds. The lowest BCUT2D eigenvalue weighted by atomic mass is 9.95. The zero-order valence-electron chi connectivity index (χ0n) is 15.6. The quantitative estimate of drug-likeness (QED) is 0.741. The van der Waals surface area contributed by atoms with Crippen LogP contribution in [-0.4, -0.2) is 22.6 Å². The van der Waals surface area contributed by atoms with Gasteiger partial charge in [-0.05, 0) is 18.1 Å². The number of rotatable bonds is 4. The smallest absolute Gasteiger partial charge is 0.416 e. The number of aromatic nitrogens is 2. The van der Waals surface area contributed by atoms with Crippen LogP contribution in [0.5, 0.6) is 0 Å². The van der Waals surface area contributed by atoms with E-state index in [2.05, 4.69) is 4.98 Å². The summed E-state index contributed by atoms with van der Waals surface area (Å²) in [6.45, 7) is 7.53. The van der Waals surface area contributed by atoms with Crippen LogP contribution in [0.2, 0.25) is 0 Å². The fourth-order valence-electron chi connectivity index (χ4n) is 2.95. The van der Waals surface area contributed by atoms with E-state index in [0.717, 1.165) is 6.07 Å². The van der Waals surface area contributed by atoms with Gasteiger partial charge in [0.1, 0.15) is 5.82 Å². The molecule has 26 heavy (non-hydrogen) atoms. The van der Waals surface area contributed by atoms with Crippen molar-refractivity contribution < 1.29 is 22.7 Å². The molecule has 0 bridgehead atoms. The molecule has 0 aliphatic rings. The summed E-state index contributed by atoms with van der Waals surface area (Å²) in [6.07, 6.45) is -4.00. The lowest BCUT2D eigenvalue weighted by molar-refractivity contribution is -0.138. The lowest BCUT2D eigenvalue weighted by Gasteiger charge is -2.22. The molecule has 0 spiro atoms. The number of methoxy groups -OCH3 is 1. The number of carbonyl (C=O) groups excluding carboxylic acids is 1. The summed E-state index contributed by atoms with van der Waals surface area (Å²) in [4.78, 5) is 16.5. The topological polar surface area (TPSA) is 44.1 Å². The van der Waals surface area contributed by atoms with Gasteiger partial charge >= 0.3 is 12.1 Å². The number of alkyl halides is 3. The monoisotopic (exact) mass is 368 g/mol. The van der Waals surface area contributed by atoms with Crippen LogP contribution in [-0.2, 0) is 29.3 Å². The van der Waals surface area contributed by atoms with Gasteiger partial charge in [-0.15, -0.1) is 0 Å². The summed E-state index contributed by atoms with van der Waals surface area (Å²) < 4.78 is 46.6. The normalized spacial score (nSPS) is 12.3. The Bertz CT molecular complexity index is 802. The van der Waals surface area contributed by atoms with Gasteiger partial charge in [-0.2, -0.15) is 13.2 Å². The minimum atomic E-state index is -4.45. The van der Waals surface area contributed by atoms with E-state index in [4.69, 9.17) is 4.74 Å². The van der Waals surface area contributed by atoms with Crippen molar-refractivity contribution in [3.8, 4) is 0 Å². The first kappa shape index (κ1) is 20.0. The summed E-state index contributed by atoms with van der Waals surface area (Å²) >= 11 is 0. The summed E-state index contributed by atoms with van der Waals surface area (Å²) in [5.74, 6) is -0.0399. The van der Waals surface area contributed by atoms with Gasteiger partial charge in [0, 0.05) is 12.0 Å². The highest BCUT2D eigenvalue weighted by Crippen LogP contribution is 2.33. The Morgan fingerprint density at radius 2 is 1.81 bits per heavy atom. The highest BCUT2D eigenvalue weighted by Gasteiger charge is 2.34. The van der Waals surface area contributed by atoms with Crippen LogP contribution in [0.3, 0.4) is 0 Å². The highest BCUT2D eigenvalue weighted by molar-refractivity contribution is 5.88. The average Bonchev–Trinajstić information content (AvgIpc) is 2.92. The fourth-order valence-corrected chi connectivity index (χ4v) is 2.95. The predicted octanol–water partition coefficient (Wildman–Crippen LogP) is 4.60. The van der Waals surface area contributed by atoms with Gasteiger partial charge in [-0.3, -0.25) is 0 Å². The molecule has 7 heteroatoms. The third kappa shape index (κ3) is 3.92. The molecule has 1 aromatic heterocycles. The molecule has 0 unspecified atom stereocenters. The number of carbonyl (C=O) groups is 1. The molecule has 0 N–H and O–H groups in total. The van der Waals surface area contributed by atoms with Gasteiger partial charge in [0.15, 0.2) is 5.69 Å². The van der Waals surface area contributed by atoms with Crippen molar-refractivity contribution in [3.63, 3.8) is 0 Å². The standard InChI is InChI=1S/C19H23F3N2O2/c1-6-14-15(16(25)26-5)23-17(18(2,3)4)24(14)11-12-9-7-8-10-13(12)19(20,21)22/h7-10H,6,11H2,1-5H3. The molecule has 1 aromatic carbocycles. The van der Waals surface area contributed by atoms with Gasteiger partial charge in [-0.1, -0.05) is 45.9 Å². The number of benzene rings is 1. The summed E-state index contributed by atoms with van der Waals surface area (Å²) in [6, 6.07) is 5.46. The van der Waals surface area contributed by atoms with Crippen LogP contribution in [0.25, 0.3) is 0 Å². The van der Waals surface area contributed by atoms with E-state index in [1.165, 1.54) is 19.2 Å². The van der Waals surface area contributed by atoms with E-state index in [1.807, 2.05) is 27.7 Å². The van der Waals surface area contributed by atoms with Gasteiger partial charge in [0.05, 0.1) is 18.4 Å². The van der Waals surface area contributed by atoms with Crippen molar-refractivity contribution in [2.24, 2.45) is 0 Å². The number of ether oxygens (including phenoxy) is 1. The number of esters is 1. The van der Waals surface area contributed by atoms with Crippen molar-refractivity contribution in [2.45, 2.75) is 52.3 Å². The molecule has 4 nitrogen and oxygen atoms in total. The van der Waals surface area contributed by atoms with E-state index < -0.39 is 23.1 Å². The molecule has 142 valence electrons. The molecule has 0 aliphatic carbocycles. The van der Waals surface area contributed by atoms with Gasteiger partial charge in [0.25, 0.3) is 0 Å². The number of nitrogens with zero attached hydrogens (tertiary/aromatic N) is 2. The van der Waals surface area contributed by atoms with Crippen LogP contribution in [0.4, 0.5) is 13.2 Å². The van der Waals surface area contributed by atoms with E-state index >= 15 is 0 Å². The van der Waals surface area contributed by atoms with Crippen LogP contribution in [0.1, 0.15) is 60.8 Å². The van der Waals surface area contributed by atoms with Crippen LogP contribution >= 0.6 is 0 Å². The Balaban J connectivity index is 2.67. The maximum absolute atomic E-state index is 13.4. The first-order valence-corrected chi connectivity index (χ1v) is 8.34. The molecule has 0 atom stereocenters. The predicted molar refractivity (Wildman–Crippen MR) is 92.2 cm³/mol. The number of hydrogen-bond donors (Lipinski definition) is 0. The van der Waals surface area contributed by atoms with Crippen LogP contribution < -0.4 is 0 Å². The molecular weight excluding hydrogens is 345 g/mol. The molecule has 1 heterocycles. The summed E-state index contributed by atoms with van der Waals surface area (Å²) in [7, 11) is 1.26. The van der Waals surface area contributed by atoms with Crippen LogP contribution in [0.15, 0.2) is 24.3 Å². The molecule has 0 radical (unpaired) electrons. The Kier molecular flexibility index (Phi) is 5.49. The zero-order chi connectivity index (χ0) is 19.7. The first-order valence-electron chi connectivity index (χ1n) is 8.34. The summed E-state index contributed by atoms with van der Waals surface area (Å²) in [5, 5.41) is 0. The summed E-state index contributed by atoms with van der Waals surface area (Å²) in [5.41, 5.74) is -0.281. The van der Waals surface area contributed by atoms with Crippen LogP contribution in [0, 0.1) is 0 Å². The number of hydrogen-bond acceptors (Lipinski definition) is 3. The average molecular weight is 368 g/mol. The number of halogens is 3. The van der Waals surface area contributed by atoms with Crippen molar-refractivity contribution in [3.05, 3.63) is 52.6 Å². The first-order chi connectivity index (χ1) is 12.0. The van der Waals surface area contributed by atoms with Crippen molar-refractivity contribution in [1.82, 2.24) is 9.55 Å². The second-order valence-electron chi connectivity index (χ2n) is 7.07. The van der Waals surface area contributed by atoms with E-state index in [1.54, 1.807) is 10.6 Å².